The third-order valence-electron chi connectivity index (χ3n) is 3.33. The van der Waals surface area contributed by atoms with Gasteiger partial charge in [0, 0.05) is 0 Å². The third-order valence-corrected chi connectivity index (χ3v) is 4.30. The molecule has 1 aliphatic carbocycles. The molecule has 1 aromatic carbocycles. The van der Waals surface area contributed by atoms with Crippen LogP contribution in [0.2, 0.25) is 0 Å². The summed E-state index contributed by atoms with van der Waals surface area (Å²) in [5.41, 5.74) is 1.96. The zero-order valence-corrected chi connectivity index (χ0v) is 12.1. The zero-order valence-electron chi connectivity index (χ0n) is 9.91. The molecule has 0 saturated heterocycles. The van der Waals surface area contributed by atoms with Gasteiger partial charge in [0.2, 0.25) is 5.43 Å². The maximum Gasteiger partial charge on any atom is 0.206 e. The molecule has 0 amide bonds. The van der Waals surface area contributed by atoms with Gasteiger partial charge < -0.3 is 4.42 Å². The predicted octanol–water partition coefficient (Wildman–Crippen LogP) is 4.36. The van der Waals surface area contributed by atoms with Crippen LogP contribution in [0.25, 0.3) is 16.5 Å². The van der Waals surface area contributed by atoms with E-state index in [0.717, 1.165) is 18.6 Å². The van der Waals surface area contributed by atoms with Gasteiger partial charge in [-0.05, 0) is 66.0 Å². The molecular formula is C15H13IO2. The molecule has 0 saturated carbocycles. The van der Waals surface area contributed by atoms with Crippen LogP contribution in [0, 0.1) is 3.57 Å². The van der Waals surface area contributed by atoms with Crippen LogP contribution in [-0.4, -0.2) is 0 Å². The molecule has 0 aliphatic heterocycles. The predicted molar refractivity (Wildman–Crippen MR) is 81.6 cm³/mol. The van der Waals surface area contributed by atoms with E-state index < -0.39 is 0 Å². The molecule has 0 unspecified atom stereocenters. The molecule has 0 bridgehead atoms. The summed E-state index contributed by atoms with van der Waals surface area (Å²) in [7, 11) is 0. The first-order valence-electron chi connectivity index (χ1n) is 6.18. The number of halogens is 1. The van der Waals surface area contributed by atoms with Crippen molar-refractivity contribution in [3.05, 3.63) is 49.9 Å². The average molecular weight is 352 g/mol. The van der Waals surface area contributed by atoms with Crippen molar-refractivity contribution in [3.8, 4) is 0 Å². The standard InChI is InChI=1S/C15H13IO2/c16-13-14(17)11-8-4-5-9-12(11)18-15(13)10-6-2-1-3-7-10/h4-6,8-9H,1-3,7H2. The lowest BCUT2D eigenvalue weighted by Crippen LogP contribution is -2.09. The van der Waals surface area contributed by atoms with Crippen LogP contribution in [0.1, 0.15) is 31.4 Å². The van der Waals surface area contributed by atoms with E-state index in [2.05, 4.69) is 28.7 Å². The number of fused-ring (bicyclic) bond motifs is 1. The maximum atomic E-state index is 12.3. The summed E-state index contributed by atoms with van der Waals surface area (Å²) in [6.45, 7) is 0. The molecule has 18 heavy (non-hydrogen) atoms. The summed E-state index contributed by atoms with van der Waals surface area (Å²) in [5.74, 6) is 0.777. The molecule has 1 aromatic heterocycles. The first-order valence-corrected chi connectivity index (χ1v) is 7.26. The smallest absolute Gasteiger partial charge is 0.206 e. The van der Waals surface area contributed by atoms with E-state index >= 15 is 0 Å². The molecule has 0 atom stereocenters. The van der Waals surface area contributed by atoms with E-state index in [4.69, 9.17) is 4.42 Å². The van der Waals surface area contributed by atoms with Gasteiger partial charge in [0.25, 0.3) is 0 Å². The Labute approximate surface area is 119 Å². The Morgan fingerprint density at radius 3 is 2.78 bits per heavy atom. The number of benzene rings is 1. The van der Waals surface area contributed by atoms with E-state index in [-0.39, 0.29) is 5.43 Å². The molecular weight excluding hydrogens is 339 g/mol. The summed E-state index contributed by atoms with van der Waals surface area (Å²) in [4.78, 5) is 12.3. The van der Waals surface area contributed by atoms with E-state index in [9.17, 15) is 4.79 Å². The Morgan fingerprint density at radius 2 is 2.00 bits per heavy atom. The van der Waals surface area contributed by atoms with E-state index in [1.54, 1.807) is 0 Å². The molecule has 2 aromatic rings. The highest BCUT2D eigenvalue weighted by atomic mass is 127. The van der Waals surface area contributed by atoms with Crippen LogP contribution in [0.15, 0.2) is 39.6 Å². The fraction of sp³-hybridized carbons (Fsp3) is 0.267. The largest absolute Gasteiger partial charge is 0.455 e. The summed E-state index contributed by atoms with van der Waals surface area (Å²) < 4.78 is 6.64. The first-order chi connectivity index (χ1) is 8.77. The summed E-state index contributed by atoms with van der Waals surface area (Å²) in [6, 6.07) is 7.45. The van der Waals surface area contributed by atoms with Crippen molar-refractivity contribution >= 4 is 39.1 Å². The van der Waals surface area contributed by atoms with E-state index in [1.165, 1.54) is 18.4 Å². The van der Waals surface area contributed by atoms with Crippen molar-refractivity contribution in [1.29, 1.82) is 0 Å². The lowest BCUT2D eigenvalue weighted by Gasteiger charge is -2.13. The van der Waals surface area contributed by atoms with Crippen LogP contribution >= 0.6 is 22.6 Å². The SMILES string of the molecule is O=c1c(I)c(C2=CCCCC2)oc2ccccc12. The lowest BCUT2D eigenvalue weighted by atomic mass is 9.97. The number of allylic oxidation sites excluding steroid dienone is 2. The molecule has 0 N–H and O–H groups in total. The van der Waals surface area contributed by atoms with Crippen molar-refractivity contribution in [2.24, 2.45) is 0 Å². The molecule has 0 fully saturated rings. The van der Waals surface area contributed by atoms with Gasteiger partial charge in [-0.25, -0.2) is 0 Å². The highest BCUT2D eigenvalue weighted by Crippen LogP contribution is 2.30. The Hall–Kier alpha value is -1.10. The Kier molecular flexibility index (Phi) is 3.24. The van der Waals surface area contributed by atoms with Crippen molar-refractivity contribution in [1.82, 2.24) is 0 Å². The highest BCUT2D eigenvalue weighted by molar-refractivity contribution is 14.1. The van der Waals surface area contributed by atoms with Gasteiger partial charge in [-0.3, -0.25) is 4.79 Å². The maximum absolute atomic E-state index is 12.3. The van der Waals surface area contributed by atoms with Crippen LogP contribution in [0.5, 0.6) is 0 Å². The van der Waals surface area contributed by atoms with Crippen molar-refractivity contribution < 1.29 is 4.42 Å². The Balaban J connectivity index is 2.27. The fourth-order valence-corrected chi connectivity index (χ4v) is 3.12. The van der Waals surface area contributed by atoms with Crippen LogP contribution < -0.4 is 5.43 Å². The van der Waals surface area contributed by atoms with Gasteiger partial charge in [0.1, 0.15) is 14.9 Å². The molecule has 92 valence electrons. The van der Waals surface area contributed by atoms with Gasteiger partial charge in [-0.15, -0.1) is 0 Å². The van der Waals surface area contributed by atoms with Gasteiger partial charge in [0.05, 0.1) is 5.39 Å². The number of rotatable bonds is 1. The quantitative estimate of drug-likeness (QED) is 0.714. The monoisotopic (exact) mass is 352 g/mol. The molecule has 2 nitrogen and oxygen atoms in total. The zero-order chi connectivity index (χ0) is 12.5. The van der Waals surface area contributed by atoms with Gasteiger partial charge in [-0.2, -0.15) is 0 Å². The van der Waals surface area contributed by atoms with Gasteiger partial charge in [0.15, 0.2) is 0 Å². The molecule has 0 spiro atoms. The topological polar surface area (TPSA) is 30.2 Å². The minimum Gasteiger partial charge on any atom is -0.455 e. The molecule has 3 rings (SSSR count). The minimum absolute atomic E-state index is 0.0823. The van der Waals surface area contributed by atoms with Crippen LogP contribution in [0.3, 0.4) is 0 Å². The minimum atomic E-state index is 0.0823. The highest BCUT2D eigenvalue weighted by Gasteiger charge is 2.16. The fourth-order valence-electron chi connectivity index (χ4n) is 2.37. The average Bonchev–Trinajstić information content (AvgIpc) is 2.44. The van der Waals surface area contributed by atoms with E-state index in [0.29, 0.717) is 14.5 Å². The summed E-state index contributed by atoms with van der Waals surface area (Å²) >= 11 is 2.11. The van der Waals surface area contributed by atoms with Gasteiger partial charge >= 0.3 is 0 Å². The molecule has 0 radical (unpaired) electrons. The summed E-state index contributed by atoms with van der Waals surface area (Å²) in [6.07, 6.45) is 6.72. The van der Waals surface area contributed by atoms with Crippen molar-refractivity contribution in [2.45, 2.75) is 25.7 Å². The lowest BCUT2D eigenvalue weighted by molar-refractivity contribution is 0.571. The van der Waals surface area contributed by atoms with Crippen LogP contribution in [0.4, 0.5) is 0 Å². The van der Waals surface area contributed by atoms with E-state index in [1.807, 2.05) is 24.3 Å². The normalized spacial score (nSPS) is 15.7. The molecule has 1 aliphatic rings. The van der Waals surface area contributed by atoms with Gasteiger partial charge in [-0.1, -0.05) is 18.2 Å². The van der Waals surface area contributed by atoms with Crippen LogP contribution in [-0.2, 0) is 0 Å². The number of hydrogen-bond acceptors (Lipinski definition) is 2. The first kappa shape index (κ1) is 12.0. The van der Waals surface area contributed by atoms with Crippen molar-refractivity contribution in [2.75, 3.05) is 0 Å². The summed E-state index contributed by atoms with van der Waals surface area (Å²) in [5, 5.41) is 0.669. The van der Waals surface area contributed by atoms with Crippen molar-refractivity contribution in [3.63, 3.8) is 0 Å². The second-order valence-corrected chi connectivity index (χ2v) is 5.62. The molecule has 3 heteroatoms. The Morgan fingerprint density at radius 1 is 1.17 bits per heavy atom. The second kappa shape index (κ2) is 4.88. The number of para-hydroxylation sites is 1. The second-order valence-electron chi connectivity index (χ2n) is 4.55. The number of hydrogen-bond donors (Lipinski definition) is 0. The third kappa shape index (κ3) is 2.00. The molecule has 1 heterocycles. The Bertz CT molecular complexity index is 682.